The Hall–Kier alpha value is -0.980. The second-order valence-electron chi connectivity index (χ2n) is 2.99. The average molecular weight is 273 g/mol. The van der Waals surface area contributed by atoms with E-state index in [0.717, 1.165) is 10.1 Å². The van der Waals surface area contributed by atoms with Crippen molar-refractivity contribution in [3.05, 3.63) is 27.4 Å². The van der Waals surface area contributed by atoms with Crippen LogP contribution in [-0.4, -0.2) is 9.97 Å². The maximum atomic E-state index is 5.83. The van der Waals surface area contributed by atoms with E-state index in [1.165, 1.54) is 22.7 Å². The van der Waals surface area contributed by atoms with Crippen molar-refractivity contribution in [2.75, 3.05) is 11.5 Å². The van der Waals surface area contributed by atoms with E-state index in [1.807, 2.05) is 12.1 Å². The van der Waals surface area contributed by atoms with Crippen molar-refractivity contribution in [3.8, 4) is 0 Å². The standard InChI is InChI=1S/C9H9ClN4S2/c10-6-2-1-5(16-6)4-15-9-13-7(11)3-8(12)14-9/h1-3H,4H2,(H4,11,12,13,14). The van der Waals surface area contributed by atoms with Crippen LogP contribution in [-0.2, 0) is 5.75 Å². The van der Waals surface area contributed by atoms with Crippen LogP contribution >= 0.6 is 34.7 Å². The largest absolute Gasteiger partial charge is 0.383 e. The van der Waals surface area contributed by atoms with Gasteiger partial charge < -0.3 is 11.5 Å². The molecule has 4 nitrogen and oxygen atoms in total. The van der Waals surface area contributed by atoms with Crippen LogP contribution in [0.15, 0.2) is 23.4 Å². The maximum Gasteiger partial charge on any atom is 0.191 e. The van der Waals surface area contributed by atoms with Crippen LogP contribution in [0.25, 0.3) is 0 Å². The summed E-state index contributed by atoms with van der Waals surface area (Å²) in [5.41, 5.74) is 11.1. The Morgan fingerprint density at radius 1 is 1.25 bits per heavy atom. The van der Waals surface area contributed by atoms with E-state index >= 15 is 0 Å². The molecule has 2 rings (SSSR count). The minimum Gasteiger partial charge on any atom is -0.383 e. The highest BCUT2D eigenvalue weighted by molar-refractivity contribution is 7.98. The lowest BCUT2D eigenvalue weighted by Crippen LogP contribution is -1.99. The smallest absolute Gasteiger partial charge is 0.191 e. The second-order valence-corrected chi connectivity index (χ2v) is 5.74. The summed E-state index contributed by atoms with van der Waals surface area (Å²) in [6.45, 7) is 0. The monoisotopic (exact) mass is 272 g/mol. The zero-order valence-electron chi connectivity index (χ0n) is 8.18. The molecule has 2 aromatic rings. The number of thiophene rings is 1. The molecule has 2 aromatic heterocycles. The van der Waals surface area contributed by atoms with Crippen molar-refractivity contribution < 1.29 is 0 Å². The molecule has 0 aliphatic heterocycles. The maximum absolute atomic E-state index is 5.83. The van der Waals surface area contributed by atoms with E-state index in [1.54, 1.807) is 11.3 Å². The van der Waals surface area contributed by atoms with Crippen LogP contribution in [0.2, 0.25) is 4.34 Å². The van der Waals surface area contributed by atoms with Gasteiger partial charge >= 0.3 is 0 Å². The summed E-state index contributed by atoms with van der Waals surface area (Å²) in [5, 5.41) is 0.585. The molecular formula is C9H9ClN4S2. The van der Waals surface area contributed by atoms with Crippen molar-refractivity contribution in [1.82, 2.24) is 9.97 Å². The number of hydrogen-bond donors (Lipinski definition) is 2. The number of nitrogens with zero attached hydrogens (tertiary/aromatic N) is 2. The van der Waals surface area contributed by atoms with Gasteiger partial charge in [0.15, 0.2) is 5.16 Å². The third-order valence-electron chi connectivity index (χ3n) is 1.72. The molecule has 0 atom stereocenters. The number of hydrogen-bond acceptors (Lipinski definition) is 6. The molecule has 0 aliphatic carbocycles. The van der Waals surface area contributed by atoms with E-state index in [-0.39, 0.29) is 0 Å². The summed E-state index contributed by atoms with van der Waals surface area (Å²) >= 11 is 8.86. The number of rotatable bonds is 3. The molecule has 0 aromatic carbocycles. The van der Waals surface area contributed by atoms with Gasteiger partial charge in [0.2, 0.25) is 0 Å². The van der Waals surface area contributed by atoms with Crippen LogP contribution in [0.3, 0.4) is 0 Å². The van der Waals surface area contributed by atoms with Crippen molar-refractivity contribution in [2.45, 2.75) is 10.9 Å². The van der Waals surface area contributed by atoms with Gasteiger partial charge in [-0.3, -0.25) is 0 Å². The van der Waals surface area contributed by atoms with Crippen molar-refractivity contribution >= 4 is 46.3 Å². The second kappa shape index (κ2) is 4.90. The van der Waals surface area contributed by atoms with E-state index < -0.39 is 0 Å². The summed E-state index contributed by atoms with van der Waals surface area (Å²) in [7, 11) is 0. The van der Waals surface area contributed by atoms with Crippen molar-refractivity contribution in [1.29, 1.82) is 0 Å². The van der Waals surface area contributed by atoms with Crippen LogP contribution in [0, 0.1) is 0 Å². The Morgan fingerprint density at radius 3 is 2.50 bits per heavy atom. The van der Waals surface area contributed by atoms with Gasteiger partial charge in [0.25, 0.3) is 0 Å². The zero-order valence-corrected chi connectivity index (χ0v) is 10.6. The molecule has 0 unspecified atom stereocenters. The van der Waals surface area contributed by atoms with E-state index in [2.05, 4.69) is 9.97 Å². The quantitative estimate of drug-likeness (QED) is 0.663. The molecule has 0 amide bonds. The van der Waals surface area contributed by atoms with Gasteiger partial charge in [0.1, 0.15) is 11.6 Å². The molecule has 0 aliphatic rings. The lowest BCUT2D eigenvalue weighted by Gasteiger charge is -2.01. The fourth-order valence-electron chi connectivity index (χ4n) is 1.09. The SMILES string of the molecule is Nc1cc(N)nc(SCc2ccc(Cl)s2)n1. The molecule has 2 heterocycles. The van der Waals surface area contributed by atoms with Gasteiger partial charge in [0.05, 0.1) is 4.34 Å². The normalized spacial score (nSPS) is 10.6. The lowest BCUT2D eigenvalue weighted by molar-refractivity contribution is 0.984. The molecule has 4 N–H and O–H groups in total. The minimum absolute atomic E-state index is 0.388. The number of halogens is 1. The molecule has 7 heteroatoms. The molecular weight excluding hydrogens is 264 g/mol. The number of aromatic nitrogens is 2. The molecule has 0 fully saturated rings. The summed E-state index contributed by atoms with van der Waals surface area (Å²) in [6.07, 6.45) is 0. The Morgan fingerprint density at radius 2 is 1.94 bits per heavy atom. The molecule has 0 bridgehead atoms. The van der Waals surface area contributed by atoms with Crippen LogP contribution in [0.5, 0.6) is 0 Å². The van der Waals surface area contributed by atoms with Gasteiger partial charge in [-0.2, -0.15) is 0 Å². The predicted octanol–water partition coefficient (Wildman–Crippen LogP) is 2.65. The first-order valence-corrected chi connectivity index (χ1v) is 6.58. The first-order chi connectivity index (χ1) is 7.63. The summed E-state index contributed by atoms with van der Waals surface area (Å²) in [6, 6.07) is 5.39. The minimum atomic E-state index is 0.388. The van der Waals surface area contributed by atoms with Gasteiger partial charge in [-0.1, -0.05) is 23.4 Å². The Bertz CT molecular complexity index is 480. The molecule has 16 heavy (non-hydrogen) atoms. The predicted molar refractivity (Wildman–Crippen MR) is 69.7 cm³/mol. The molecule has 84 valence electrons. The van der Waals surface area contributed by atoms with E-state index in [0.29, 0.717) is 16.8 Å². The van der Waals surface area contributed by atoms with Gasteiger partial charge in [-0.05, 0) is 12.1 Å². The third-order valence-corrected chi connectivity index (χ3v) is 4.03. The van der Waals surface area contributed by atoms with Crippen molar-refractivity contribution in [2.24, 2.45) is 0 Å². The lowest BCUT2D eigenvalue weighted by atomic mass is 10.5. The average Bonchev–Trinajstić information content (AvgIpc) is 2.60. The van der Waals surface area contributed by atoms with Gasteiger partial charge in [-0.15, -0.1) is 11.3 Å². The first kappa shape index (κ1) is 11.5. The number of thioether (sulfide) groups is 1. The van der Waals surface area contributed by atoms with Gasteiger partial charge in [-0.25, -0.2) is 9.97 Å². The molecule has 0 radical (unpaired) electrons. The van der Waals surface area contributed by atoms with E-state index in [9.17, 15) is 0 Å². The Balaban J connectivity index is 2.04. The summed E-state index contributed by atoms with van der Waals surface area (Å²) in [5.74, 6) is 1.54. The highest BCUT2D eigenvalue weighted by Gasteiger charge is 2.03. The number of nitrogen functional groups attached to an aromatic ring is 2. The molecule has 0 spiro atoms. The number of nitrogens with two attached hydrogens (primary N) is 2. The molecule has 0 saturated carbocycles. The van der Waals surface area contributed by atoms with E-state index in [4.69, 9.17) is 23.1 Å². The zero-order chi connectivity index (χ0) is 11.5. The number of anilines is 2. The fraction of sp³-hybridized carbons (Fsp3) is 0.111. The third kappa shape index (κ3) is 3.01. The van der Waals surface area contributed by atoms with Crippen LogP contribution < -0.4 is 11.5 Å². The topological polar surface area (TPSA) is 77.8 Å². The first-order valence-electron chi connectivity index (χ1n) is 4.40. The fourth-order valence-corrected chi connectivity index (χ4v) is 3.09. The van der Waals surface area contributed by atoms with Crippen molar-refractivity contribution in [3.63, 3.8) is 0 Å². The summed E-state index contributed by atoms with van der Waals surface area (Å²) < 4.78 is 0.781. The van der Waals surface area contributed by atoms with Crippen LogP contribution in [0.1, 0.15) is 4.88 Å². The Labute approximate surface area is 106 Å². The summed E-state index contributed by atoms with van der Waals surface area (Å²) in [4.78, 5) is 9.32. The van der Waals surface area contributed by atoms with Crippen LogP contribution in [0.4, 0.5) is 11.6 Å². The molecule has 0 saturated heterocycles. The Kier molecular flexibility index (Phi) is 3.52. The highest BCUT2D eigenvalue weighted by atomic mass is 35.5. The van der Waals surface area contributed by atoms with Gasteiger partial charge in [0, 0.05) is 16.7 Å². The highest BCUT2D eigenvalue weighted by Crippen LogP contribution is 2.27.